The molecule has 19 heavy (non-hydrogen) atoms. The lowest BCUT2D eigenvalue weighted by atomic mass is 10.1. The number of aryl methyl sites for hydroxylation is 2. The number of nitrogens with two attached hydrogens (primary N) is 1. The van der Waals surface area contributed by atoms with E-state index in [1.807, 2.05) is 32.0 Å². The van der Waals surface area contributed by atoms with Crippen LogP contribution in [0.25, 0.3) is 0 Å². The lowest BCUT2D eigenvalue weighted by Gasteiger charge is -2.10. The third-order valence-corrected chi connectivity index (χ3v) is 2.75. The van der Waals surface area contributed by atoms with Gasteiger partial charge in [0.15, 0.2) is 0 Å². The van der Waals surface area contributed by atoms with Crippen LogP contribution < -0.4 is 11.1 Å². The molecule has 98 valence electrons. The Morgan fingerprint density at radius 1 is 1.26 bits per heavy atom. The van der Waals surface area contributed by atoms with Crippen molar-refractivity contribution >= 4 is 23.0 Å². The lowest BCUT2D eigenvalue weighted by molar-refractivity contribution is -0.384. The van der Waals surface area contributed by atoms with Crippen LogP contribution in [0.4, 0.5) is 23.0 Å². The van der Waals surface area contributed by atoms with Gasteiger partial charge in [0, 0.05) is 11.8 Å². The number of anilines is 3. The van der Waals surface area contributed by atoms with Gasteiger partial charge in [0.2, 0.25) is 5.82 Å². The van der Waals surface area contributed by atoms with Crippen LogP contribution in [0.3, 0.4) is 0 Å². The molecule has 0 spiro atoms. The first-order valence-corrected chi connectivity index (χ1v) is 5.72. The molecule has 0 aliphatic rings. The summed E-state index contributed by atoms with van der Waals surface area (Å²) in [7, 11) is 0. The number of hydrogen-bond donors (Lipinski definition) is 2. The van der Waals surface area contributed by atoms with Crippen molar-refractivity contribution in [2.24, 2.45) is 0 Å². The standard InChI is InChI=1S/C13H14N4O2/c1-8-3-4-9(2)10(7-8)15-12-6-5-11(17(18)19)13(14)16-12/h3-7H,1-2H3,(H3,14,15,16). The molecule has 6 nitrogen and oxygen atoms in total. The third-order valence-electron chi connectivity index (χ3n) is 2.75. The van der Waals surface area contributed by atoms with E-state index in [9.17, 15) is 10.1 Å². The van der Waals surface area contributed by atoms with E-state index in [1.165, 1.54) is 12.1 Å². The van der Waals surface area contributed by atoms with E-state index >= 15 is 0 Å². The summed E-state index contributed by atoms with van der Waals surface area (Å²) in [5, 5.41) is 13.8. The van der Waals surface area contributed by atoms with Crippen LogP contribution in [0.2, 0.25) is 0 Å². The van der Waals surface area contributed by atoms with Crippen molar-refractivity contribution < 1.29 is 4.92 Å². The number of nitrogens with zero attached hydrogens (tertiary/aromatic N) is 2. The second-order valence-corrected chi connectivity index (χ2v) is 4.30. The molecule has 0 saturated heterocycles. The lowest BCUT2D eigenvalue weighted by Crippen LogP contribution is -2.02. The van der Waals surface area contributed by atoms with Gasteiger partial charge < -0.3 is 11.1 Å². The van der Waals surface area contributed by atoms with Gasteiger partial charge in [0.05, 0.1) is 4.92 Å². The summed E-state index contributed by atoms with van der Waals surface area (Å²) in [5.41, 5.74) is 8.44. The smallest absolute Gasteiger partial charge is 0.311 e. The summed E-state index contributed by atoms with van der Waals surface area (Å²) in [4.78, 5) is 14.1. The van der Waals surface area contributed by atoms with Crippen LogP contribution >= 0.6 is 0 Å². The van der Waals surface area contributed by atoms with Gasteiger partial charge in [0.1, 0.15) is 5.82 Å². The van der Waals surface area contributed by atoms with Crippen LogP contribution in [0.5, 0.6) is 0 Å². The second kappa shape index (κ2) is 4.93. The molecule has 6 heteroatoms. The van der Waals surface area contributed by atoms with E-state index in [4.69, 9.17) is 5.73 Å². The highest BCUT2D eigenvalue weighted by Gasteiger charge is 2.13. The molecule has 0 radical (unpaired) electrons. The molecule has 0 amide bonds. The molecule has 0 fully saturated rings. The maximum Gasteiger partial charge on any atom is 0.311 e. The van der Waals surface area contributed by atoms with Gasteiger partial charge >= 0.3 is 5.69 Å². The van der Waals surface area contributed by atoms with Crippen LogP contribution in [0, 0.1) is 24.0 Å². The number of nitrogens with one attached hydrogen (secondary N) is 1. The Labute approximate surface area is 110 Å². The highest BCUT2D eigenvalue weighted by Crippen LogP contribution is 2.25. The summed E-state index contributed by atoms with van der Waals surface area (Å²) in [6.45, 7) is 3.96. The Morgan fingerprint density at radius 3 is 2.63 bits per heavy atom. The Kier molecular flexibility index (Phi) is 3.33. The van der Waals surface area contributed by atoms with Gasteiger partial charge in [-0.05, 0) is 37.1 Å². The molecule has 1 aromatic heterocycles. The molecule has 1 heterocycles. The Balaban J connectivity index is 2.31. The minimum Gasteiger partial charge on any atom is -0.378 e. The quantitative estimate of drug-likeness (QED) is 0.652. The van der Waals surface area contributed by atoms with Crippen LogP contribution in [0.15, 0.2) is 30.3 Å². The summed E-state index contributed by atoms with van der Waals surface area (Å²) in [6.07, 6.45) is 0. The summed E-state index contributed by atoms with van der Waals surface area (Å²) < 4.78 is 0. The Morgan fingerprint density at radius 2 is 2.00 bits per heavy atom. The van der Waals surface area contributed by atoms with Crippen LogP contribution in [-0.2, 0) is 0 Å². The van der Waals surface area contributed by atoms with Gasteiger partial charge in [-0.25, -0.2) is 4.98 Å². The molecule has 3 N–H and O–H groups in total. The monoisotopic (exact) mass is 258 g/mol. The average Bonchev–Trinajstić information content (AvgIpc) is 2.33. The zero-order valence-electron chi connectivity index (χ0n) is 10.7. The maximum absolute atomic E-state index is 10.7. The molecule has 0 saturated carbocycles. The first-order valence-electron chi connectivity index (χ1n) is 5.72. The molecule has 2 aromatic rings. The fourth-order valence-corrected chi connectivity index (χ4v) is 1.70. The van der Waals surface area contributed by atoms with E-state index in [1.54, 1.807) is 0 Å². The molecule has 2 rings (SSSR count). The van der Waals surface area contributed by atoms with Crippen molar-refractivity contribution in [2.45, 2.75) is 13.8 Å². The molecule has 0 unspecified atom stereocenters. The van der Waals surface area contributed by atoms with Crippen molar-refractivity contribution in [1.29, 1.82) is 0 Å². The van der Waals surface area contributed by atoms with E-state index in [2.05, 4.69) is 10.3 Å². The minimum atomic E-state index is -0.552. The summed E-state index contributed by atoms with van der Waals surface area (Å²) >= 11 is 0. The number of rotatable bonds is 3. The van der Waals surface area contributed by atoms with Crippen molar-refractivity contribution in [3.63, 3.8) is 0 Å². The third kappa shape index (κ3) is 2.79. The van der Waals surface area contributed by atoms with Crippen molar-refractivity contribution in [3.8, 4) is 0 Å². The fraction of sp³-hybridized carbons (Fsp3) is 0.154. The average molecular weight is 258 g/mol. The molecule has 0 aliphatic heterocycles. The number of nitrogen functional groups attached to an aromatic ring is 1. The first-order chi connectivity index (χ1) is 8.97. The number of aromatic nitrogens is 1. The SMILES string of the molecule is Cc1ccc(C)c(Nc2ccc([N+](=O)[O-])c(N)n2)c1. The Hall–Kier alpha value is -2.63. The molecule has 0 aliphatic carbocycles. The summed E-state index contributed by atoms with van der Waals surface area (Å²) in [5.74, 6) is 0.386. The largest absolute Gasteiger partial charge is 0.378 e. The number of benzene rings is 1. The number of nitro groups is 1. The highest BCUT2D eigenvalue weighted by molar-refractivity contribution is 5.65. The highest BCUT2D eigenvalue weighted by atomic mass is 16.6. The molecular formula is C13H14N4O2. The molecule has 1 aromatic carbocycles. The van der Waals surface area contributed by atoms with Gasteiger partial charge in [-0.15, -0.1) is 0 Å². The van der Waals surface area contributed by atoms with Gasteiger partial charge in [-0.1, -0.05) is 12.1 Å². The molecule has 0 atom stereocenters. The van der Waals surface area contributed by atoms with E-state index in [0.717, 1.165) is 16.8 Å². The number of hydrogen-bond acceptors (Lipinski definition) is 5. The van der Waals surface area contributed by atoms with E-state index in [-0.39, 0.29) is 11.5 Å². The van der Waals surface area contributed by atoms with Gasteiger partial charge in [-0.2, -0.15) is 0 Å². The van der Waals surface area contributed by atoms with Crippen LogP contribution in [-0.4, -0.2) is 9.91 Å². The van der Waals surface area contributed by atoms with Gasteiger partial charge in [-0.3, -0.25) is 10.1 Å². The maximum atomic E-state index is 10.7. The second-order valence-electron chi connectivity index (χ2n) is 4.30. The molecule has 0 bridgehead atoms. The van der Waals surface area contributed by atoms with E-state index < -0.39 is 4.92 Å². The zero-order valence-corrected chi connectivity index (χ0v) is 10.7. The zero-order chi connectivity index (χ0) is 14.0. The summed E-state index contributed by atoms with van der Waals surface area (Å²) in [6, 6.07) is 8.87. The van der Waals surface area contributed by atoms with Gasteiger partial charge in [0.25, 0.3) is 0 Å². The topological polar surface area (TPSA) is 94.1 Å². The first kappa shape index (κ1) is 12.8. The minimum absolute atomic E-state index is 0.0969. The van der Waals surface area contributed by atoms with Crippen molar-refractivity contribution in [1.82, 2.24) is 4.98 Å². The predicted molar refractivity (Wildman–Crippen MR) is 74.5 cm³/mol. The fourth-order valence-electron chi connectivity index (χ4n) is 1.70. The number of pyridine rings is 1. The van der Waals surface area contributed by atoms with Crippen LogP contribution in [0.1, 0.15) is 11.1 Å². The predicted octanol–water partition coefficient (Wildman–Crippen LogP) is 2.93. The normalized spacial score (nSPS) is 10.2. The van der Waals surface area contributed by atoms with Crippen molar-refractivity contribution in [3.05, 3.63) is 51.6 Å². The van der Waals surface area contributed by atoms with E-state index in [0.29, 0.717) is 5.82 Å². The Bertz CT molecular complexity index is 641. The molecular weight excluding hydrogens is 244 g/mol. The van der Waals surface area contributed by atoms with Crippen molar-refractivity contribution in [2.75, 3.05) is 11.1 Å².